The van der Waals surface area contributed by atoms with Crippen LogP contribution >= 0.6 is 11.3 Å². The van der Waals surface area contributed by atoms with Gasteiger partial charge >= 0.3 is 0 Å². The Bertz CT molecular complexity index is 322. The second-order valence-electron chi connectivity index (χ2n) is 4.90. The van der Waals surface area contributed by atoms with Crippen LogP contribution in [0.4, 0.5) is 0 Å². The van der Waals surface area contributed by atoms with E-state index in [1.807, 2.05) is 11.9 Å². The molecule has 15 heavy (non-hydrogen) atoms. The third kappa shape index (κ3) is 2.81. The van der Waals surface area contributed by atoms with Crippen molar-refractivity contribution >= 4 is 17.2 Å². The van der Waals surface area contributed by atoms with Gasteiger partial charge in [0.1, 0.15) is 5.84 Å². The number of amidine groups is 1. The van der Waals surface area contributed by atoms with Gasteiger partial charge in [0.15, 0.2) is 0 Å². The smallest absolute Gasteiger partial charge is 0.102 e. The molecule has 0 aliphatic heterocycles. The Kier molecular flexibility index (Phi) is 3.55. The SMILES string of the molecule is CC(c1cccs1)N(C)C(=N)C(C)(C)C. The van der Waals surface area contributed by atoms with E-state index in [4.69, 9.17) is 5.41 Å². The minimum Gasteiger partial charge on any atom is -0.356 e. The van der Waals surface area contributed by atoms with E-state index in [0.717, 1.165) is 0 Å². The van der Waals surface area contributed by atoms with E-state index in [2.05, 4.69) is 45.2 Å². The van der Waals surface area contributed by atoms with E-state index in [0.29, 0.717) is 5.84 Å². The van der Waals surface area contributed by atoms with Gasteiger partial charge in [-0.15, -0.1) is 11.3 Å². The highest BCUT2D eigenvalue weighted by Crippen LogP contribution is 2.27. The van der Waals surface area contributed by atoms with Crippen LogP contribution in [0.15, 0.2) is 17.5 Å². The van der Waals surface area contributed by atoms with Crippen LogP contribution in [0.25, 0.3) is 0 Å². The van der Waals surface area contributed by atoms with E-state index < -0.39 is 0 Å². The van der Waals surface area contributed by atoms with Gasteiger partial charge in [0.25, 0.3) is 0 Å². The van der Waals surface area contributed by atoms with Crippen LogP contribution in [0.5, 0.6) is 0 Å². The molecule has 0 radical (unpaired) electrons. The molecule has 1 aromatic heterocycles. The Labute approximate surface area is 96.4 Å². The van der Waals surface area contributed by atoms with Crippen molar-refractivity contribution in [2.75, 3.05) is 7.05 Å². The highest BCUT2D eigenvalue weighted by molar-refractivity contribution is 7.10. The Balaban J connectivity index is 2.78. The minimum absolute atomic E-state index is 0.0831. The molecule has 0 aliphatic carbocycles. The summed E-state index contributed by atoms with van der Waals surface area (Å²) in [5, 5.41) is 10.2. The average molecular weight is 224 g/mol. The molecule has 0 amide bonds. The van der Waals surface area contributed by atoms with Crippen molar-refractivity contribution < 1.29 is 0 Å². The summed E-state index contributed by atoms with van der Waals surface area (Å²) >= 11 is 1.75. The van der Waals surface area contributed by atoms with Gasteiger partial charge in [-0.25, -0.2) is 0 Å². The van der Waals surface area contributed by atoms with Crippen molar-refractivity contribution in [2.24, 2.45) is 5.41 Å². The maximum absolute atomic E-state index is 8.11. The van der Waals surface area contributed by atoms with E-state index in [1.165, 1.54) is 4.88 Å². The number of rotatable bonds is 2. The maximum Gasteiger partial charge on any atom is 0.102 e. The minimum atomic E-state index is -0.0831. The molecular weight excluding hydrogens is 204 g/mol. The first-order valence-corrected chi connectivity index (χ1v) is 6.07. The number of hydrogen-bond acceptors (Lipinski definition) is 2. The first-order chi connectivity index (χ1) is 6.84. The molecule has 0 fully saturated rings. The second kappa shape index (κ2) is 4.35. The van der Waals surface area contributed by atoms with Crippen molar-refractivity contribution in [3.05, 3.63) is 22.4 Å². The Morgan fingerprint density at radius 3 is 2.47 bits per heavy atom. The van der Waals surface area contributed by atoms with Crippen molar-refractivity contribution in [1.82, 2.24) is 4.90 Å². The molecule has 0 aromatic carbocycles. The summed E-state index contributed by atoms with van der Waals surface area (Å²) in [5.41, 5.74) is -0.0831. The fourth-order valence-corrected chi connectivity index (χ4v) is 2.27. The summed E-state index contributed by atoms with van der Waals surface area (Å²) in [6, 6.07) is 4.48. The van der Waals surface area contributed by atoms with Gasteiger partial charge in [-0.2, -0.15) is 0 Å². The molecule has 0 bridgehead atoms. The Morgan fingerprint density at radius 2 is 2.07 bits per heavy atom. The van der Waals surface area contributed by atoms with Crippen LogP contribution < -0.4 is 0 Å². The average Bonchev–Trinajstić information content (AvgIpc) is 2.65. The first kappa shape index (κ1) is 12.2. The monoisotopic (exact) mass is 224 g/mol. The first-order valence-electron chi connectivity index (χ1n) is 5.19. The zero-order chi connectivity index (χ0) is 11.6. The Hall–Kier alpha value is -0.830. The predicted octanol–water partition coefficient (Wildman–Crippen LogP) is 3.76. The summed E-state index contributed by atoms with van der Waals surface area (Å²) in [6.45, 7) is 8.37. The molecule has 0 saturated carbocycles. The van der Waals surface area contributed by atoms with Crippen LogP contribution in [0, 0.1) is 10.8 Å². The van der Waals surface area contributed by atoms with Crippen molar-refractivity contribution in [3.63, 3.8) is 0 Å². The summed E-state index contributed by atoms with van der Waals surface area (Å²) < 4.78 is 0. The molecule has 0 aliphatic rings. The van der Waals surface area contributed by atoms with Gasteiger partial charge < -0.3 is 4.90 Å². The van der Waals surface area contributed by atoms with Crippen molar-refractivity contribution in [3.8, 4) is 0 Å². The molecule has 1 N–H and O–H groups in total. The van der Waals surface area contributed by atoms with Gasteiger partial charge in [-0.05, 0) is 18.4 Å². The number of nitrogens with zero attached hydrogens (tertiary/aromatic N) is 1. The fraction of sp³-hybridized carbons (Fsp3) is 0.583. The molecule has 0 spiro atoms. The van der Waals surface area contributed by atoms with Crippen LogP contribution in [0.2, 0.25) is 0 Å². The molecule has 1 unspecified atom stereocenters. The van der Waals surface area contributed by atoms with Crippen molar-refractivity contribution in [1.29, 1.82) is 5.41 Å². The molecule has 1 aromatic rings. The molecule has 0 saturated heterocycles. The zero-order valence-corrected chi connectivity index (χ0v) is 11.0. The quantitative estimate of drug-likeness (QED) is 0.601. The third-order valence-electron chi connectivity index (χ3n) is 2.60. The van der Waals surface area contributed by atoms with E-state index >= 15 is 0 Å². The van der Waals surface area contributed by atoms with E-state index in [-0.39, 0.29) is 11.5 Å². The summed E-state index contributed by atoms with van der Waals surface area (Å²) in [5.74, 6) is 0.684. The van der Waals surface area contributed by atoms with Gasteiger partial charge in [-0.3, -0.25) is 5.41 Å². The van der Waals surface area contributed by atoms with Crippen LogP contribution in [-0.2, 0) is 0 Å². The normalized spacial score (nSPS) is 13.7. The summed E-state index contributed by atoms with van der Waals surface area (Å²) in [4.78, 5) is 3.36. The molecule has 1 atom stereocenters. The molecule has 3 heteroatoms. The number of hydrogen-bond donors (Lipinski definition) is 1. The predicted molar refractivity (Wildman–Crippen MR) is 67.7 cm³/mol. The molecule has 1 rings (SSSR count). The standard InChI is InChI=1S/C12H20N2S/c1-9(10-7-6-8-15-10)14(5)11(13)12(2,3)4/h6-9,13H,1-5H3. The molecule has 84 valence electrons. The van der Waals surface area contributed by atoms with Crippen LogP contribution in [0.3, 0.4) is 0 Å². The maximum atomic E-state index is 8.11. The lowest BCUT2D eigenvalue weighted by molar-refractivity contribution is 0.357. The summed E-state index contributed by atoms with van der Waals surface area (Å²) in [6.07, 6.45) is 0. The Morgan fingerprint density at radius 1 is 1.47 bits per heavy atom. The lowest BCUT2D eigenvalue weighted by Gasteiger charge is -2.33. The molecule has 2 nitrogen and oxygen atoms in total. The number of nitrogens with one attached hydrogen (secondary N) is 1. The lowest BCUT2D eigenvalue weighted by atomic mass is 9.93. The highest BCUT2D eigenvalue weighted by Gasteiger charge is 2.24. The molecule has 1 heterocycles. The topological polar surface area (TPSA) is 27.1 Å². The summed E-state index contributed by atoms with van der Waals surface area (Å²) in [7, 11) is 2.00. The number of thiophene rings is 1. The zero-order valence-electron chi connectivity index (χ0n) is 10.2. The van der Waals surface area contributed by atoms with Gasteiger partial charge in [0.05, 0.1) is 6.04 Å². The van der Waals surface area contributed by atoms with Crippen LogP contribution in [-0.4, -0.2) is 17.8 Å². The van der Waals surface area contributed by atoms with Gasteiger partial charge in [0, 0.05) is 17.3 Å². The largest absolute Gasteiger partial charge is 0.356 e. The van der Waals surface area contributed by atoms with Crippen molar-refractivity contribution in [2.45, 2.75) is 33.7 Å². The van der Waals surface area contributed by atoms with E-state index in [1.54, 1.807) is 11.3 Å². The van der Waals surface area contributed by atoms with E-state index in [9.17, 15) is 0 Å². The van der Waals surface area contributed by atoms with Crippen LogP contribution in [0.1, 0.15) is 38.6 Å². The molecular formula is C12H20N2S. The fourth-order valence-electron chi connectivity index (χ4n) is 1.44. The highest BCUT2D eigenvalue weighted by atomic mass is 32.1. The third-order valence-corrected chi connectivity index (χ3v) is 3.64. The van der Waals surface area contributed by atoms with Gasteiger partial charge in [-0.1, -0.05) is 26.8 Å². The second-order valence-corrected chi connectivity index (χ2v) is 5.88. The van der Waals surface area contributed by atoms with Gasteiger partial charge in [0.2, 0.25) is 0 Å². The lowest BCUT2D eigenvalue weighted by Crippen LogP contribution is -2.37.